The van der Waals surface area contributed by atoms with E-state index in [0.717, 1.165) is 0 Å². The number of hydrogen-bond donors (Lipinski definition) is 2. The third kappa shape index (κ3) is 7.14. The number of anilines is 2. The second kappa shape index (κ2) is 12.0. The van der Waals surface area contributed by atoms with Gasteiger partial charge in [-0.3, -0.25) is 9.59 Å². The number of para-hydroxylation sites is 1. The quantitative estimate of drug-likeness (QED) is 0.336. The van der Waals surface area contributed by atoms with Crippen LogP contribution in [0.2, 0.25) is 0 Å². The summed E-state index contributed by atoms with van der Waals surface area (Å²) in [5.41, 5.74) is 0.664. The molecule has 0 atom stereocenters. The lowest BCUT2D eigenvalue weighted by atomic mass is 10.1. The van der Waals surface area contributed by atoms with Gasteiger partial charge in [-0.25, -0.2) is 8.78 Å². The summed E-state index contributed by atoms with van der Waals surface area (Å²) in [6.45, 7) is 1.66. The summed E-state index contributed by atoms with van der Waals surface area (Å²) >= 11 is 0. The minimum atomic E-state index is -0.665. The first kappa shape index (κ1) is 24.9. The van der Waals surface area contributed by atoms with Crippen LogP contribution in [0.5, 0.6) is 11.5 Å². The minimum Gasteiger partial charge on any atom is -0.490 e. The number of benzene rings is 3. The van der Waals surface area contributed by atoms with Gasteiger partial charge < -0.3 is 20.1 Å². The molecule has 0 unspecified atom stereocenters. The fourth-order valence-electron chi connectivity index (χ4n) is 2.94. The van der Waals surface area contributed by atoms with E-state index in [-0.39, 0.29) is 22.8 Å². The Labute approximate surface area is 200 Å². The number of nitrogens with one attached hydrogen (secondary N) is 2. The molecule has 0 fully saturated rings. The molecule has 178 valence electrons. The molecule has 0 radical (unpaired) electrons. The zero-order chi connectivity index (χ0) is 25.2. The van der Waals surface area contributed by atoms with Crippen molar-refractivity contribution in [2.45, 2.75) is 6.92 Å². The molecule has 3 rings (SSSR count). The smallest absolute Gasteiger partial charge is 0.266 e. The highest BCUT2D eigenvalue weighted by Crippen LogP contribution is 2.29. The zero-order valence-corrected chi connectivity index (χ0v) is 18.7. The number of hydrogen-bond acceptors (Lipinski definition) is 5. The molecule has 3 aromatic carbocycles. The van der Waals surface area contributed by atoms with Crippen molar-refractivity contribution in [3.05, 3.63) is 89.5 Å². The van der Waals surface area contributed by atoms with Gasteiger partial charge in [0.2, 0.25) is 0 Å². The maximum atomic E-state index is 13.7. The third-order valence-electron chi connectivity index (χ3n) is 4.55. The number of amides is 2. The highest BCUT2D eigenvalue weighted by molar-refractivity contribution is 6.09. The first-order valence-corrected chi connectivity index (χ1v) is 10.5. The Bertz CT molecular complexity index is 1280. The van der Waals surface area contributed by atoms with E-state index in [1.807, 2.05) is 6.07 Å². The van der Waals surface area contributed by atoms with Crippen molar-refractivity contribution in [1.82, 2.24) is 0 Å². The molecule has 0 aromatic heterocycles. The van der Waals surface area contributed by atoms with Gasteiger partial charge in [0.05, 0.1) is 12.3 Å². The van der Waals surface area contributed by atoms with E-state index < -0.39 is 30.1 Å². The molecule has 7 nitrogen and oxygen atoms in total. The lowest BCUT2D eigenvalue weighted by Gasteiger charge is -2.13. The fraction of sp³-hybridized carbons (Fsp3) is 0.115. The Hall–Kier alpha value is -4.71. The number of halogens is 2. The van der Waals surface area contributed by atoms with Gasteiger partial charge in [-0.05, 0) is 67.1 Å². The molecular formula is C26H21F2N3O4. The maximum absolute atomic E-state index is 13.7. The van der Waals surface area contributed by atoms with Crippen LogP contribution in [0.1, 0.15) is 12.5 Å². The van der Waals surface area contributed by atoms with Crippen LogP contribution in [-0.2, 0) is 9.59 Å². The average Bonchev–Trinajstić information content (AvgIpc) is 2.85. The Morgan fingerprint density at radius 2 is 1.71 bits per heavy atom. The predicted molar refractivity (Wildman–Crippen MR) is 127 cm³/mol. The van der Waals surface area contributed by atoms with E-state index in [0.29, 0.717) is 17.9 Å². The van der Waals surface area contributed by atoms with Gasteiger partial charge in [0.1, 0.15) is 23.3 Å². The molecule has 3 aromatic rings. The Kier molecular flexibility index (Phi) is 8.51. The highest BCUT2D eigenvalue weighted by Gasteiger charge is 2.13. The van der Waals surface area contributed by atoms with E-state index in [2.05, 4.69) is 10.6 Å². The third-order valence-corrected chi connectivity index (χ3v) is 4.55. The van der Waals surface area contributed by atoms with Gasteiger partial charge in [0.15, 0.2) is 18.1 Å². The van der Waals surface area contributed by atoms with Crippen molar-refractivity contribution < 1.29 is 27.8 Å². The van der Waals surface area contributed by atoms with Crippen molar-refractivity contribution in [1.29, 1.82) is 5.26 Å². The summed E-state index contributed by atoms with van der Waals surface area (Å²) in [6.07, 6.45) is 1.36. The van der Waals surface area contributed by atoms with Crippen molar-refractivity contribution in [3.63, 3.8) is 0 Å². The normalized spacial score (nSPS) is 10.7. The maximum Gasteiger partial charge on any atom is 0.266 e. The predicted octanol–water partition coefficient (Wildman–Crippen LogP) is 4.93. The molecule has 0 aliphatic rings. The first-order valence-electron chi connectivity index (χ1n) is 10.5. The minimum absolute atomic E-state index is 0.0366. The van der Waals surface area contributed by atoms with Crippen LogP contribution in [0.3, 0.4) is 0 Å². The van der Waals surface area contributed by atoms with Gasteiger partial charge in [0, 0.05) is 5.69 Å². The van der Waals surface area contributed by atoms with Crippen LogP contribution >= 0.6 is 0 Å². The SMILES string of the molecule is CCOc1cc(/C=C(\C#N)C(=O)Nc2ccc(F)cc2)ccc1OCC(=O)Nc1ccccc1F. The van der Waals surface area contributed by atoms with E-state index in [4.69, 9.17) is 9.47 Å². The van der Waals surface area contributed by atoms with Crippen LogP contribution < -0.4 is 20.1 Å². The molecule has 0 saturated heterocycles. The van der Waals surface area contributed by atoms with Gasteiger partial charge >= 0.3 is 0 Å². The lowest BCUT2D eigenvalue weighted by Crippen LogP contribution is -2.21. The van der Waals surface area contributed by atoms with E-state index >= 15 is 0 Å². The topological polar surface area (TPSA) is 100 Å². The van der Waals surface area contributed by atoms with Crippen molar-refractivity contribution in [2.24, 2.45) is 0 Å². The lowest BCUT2D eigenvalue weighted by molar-refractivity contribution is -0.118. The molecule has 0 aliphatic heterocycles. The van der Waals surface area contributed by atoms with Gasteiger partial charge in [-0.15, -0.1) is 0 Å². The van der Waals surface area contributed by atoms with Gasteiger partial charge in [0.25, 0.3) is 11.8 Å². The number of carbonyl (C=O) groups is 2. The van der Waals surface area contributed by atoms with E-state index in [9.17, 15) is 23.6 Å². The standard InChI is InChI=1S/C26H21F2N3O4/c1-2-34-24-14-17(13-18(15-29)26(33)30-20-10-8-19(27)9-11-20)7-12-23(24)35-16-25(32)31-22-6-4-3-5-21(22)28/h3-14H,2,16H2,1H3,(H,30,33)(H,31,32)/b18-13+. The second-order valence-electron chi connectivity index (χ2n) is 7.09. The molecule has 0 saturated carbocycles. The largest absolute Gasteiger partial charge is 0.490 e. The second-order valence-corrected chi connectivity index (χ2v) is 7.09. The van der Waals surface area contributed by atoms with Crippen LogP contribution in [0.25, 0.3) is 6.08 Å². The monoisotopic (exact) mass is 477 g/mol. The van der Waals surface area contributed by atoms with Crippen molar-refractivity contribution in [2.75, 3.05) is 23.8 Å². The summed E-state index contributed by atoms with van der Waals surface area (Å²) in [6, 6.07) is 17.4. The Balaban J connectivity index is 1.71. The Morgan fingerprint density at radius 3 is 2.40 bits per heavy atom. The molecule has 2 N–H and O–H groups in total. The average molecular weight is 477 g/mol. The number of carbonyl (C=O) groups excluding carboxylic acids is 2. The van der Waals surface area contributed by atoms with Crippen LogP contribution in [0, 0.1) is 23.0 Å². The summed E-state index contributed by atoms with van der Waals surface area (Å²) in [5, 5.41) is 14.4. The highest BCUT2D eigenvalue weighted by atomic mass is 19.1. The van der Waals surface area contributed by atoms with Gasteiger partial charge in [-0.1, -0.05) is 18.2 Å². The zero-order valence-electron chi connectivity index (χ0n) is 18.7. The summed E-state index contributed by atoms with van der Waals surface area (Å²) in [4.78, 5) is 24.6. The summed E-state index contributed by atoms with van der Waals surface area (Å²) < 4.78 is 37.8. The van der Waals surface area contributed by atoms with Crippen molar-refractivity contribution >= 4 is 29.3 Å². The van der Waals surface area contributed by atoms with Crippen LogP contribution in [0.15, 0.2) is 72.3 Å². The van der Waals surface area contributed by atoms with Crippen LogP contribution in [0.4, 0.5) is 20.2 Å². The van der Waals surface area contributed by atoms with Crippen molar-refractivity contribution in [3.8, 4) is 17.6 Å². The molecule has 0 heterocycles. The van der Waals surface area contributed by atoms with Gasteiger partial charge in [-0.2, -0.15) is 5.26 Å². The number of nitriles is 1. The molecule has 35 heavy (non-hydrogen) atoms. The number of ether oxygens (including phenoxy) is 2. The first-order chi connectivity index (χ1) is 16.9. The molecule has 9 heteroatoms. The molecule has 0 aliphatic carbocycles. The Morgan fingerprint density at radius 1 is 0.971 bits per heavy atom. The molecule has 0 bridgehead atoms. The number of rotatable bonds is 9. The fourth-order valence-corrected chi connectivity index (χ4v) is 2.94. The molecular weight excluding hydrogens is 456 g/mol. The van der Waals surface area contributed by atoms with E-state index in [1.54, 1.807) is 25.1 Å². The summed E-state index contributed by atoms with van der Waals surface area (Å²) in [7, 11) is 0. The van der Waals surface area contributed by atoms with E-state index in [1.165, 1.54) is 54.6 Å². The molecule has 0 spiro atoms. The van der Waals surface area contributed by atoms with Crippen LogP contribution in [-0.4, -0.2) is 25.0 Å². The number of nitrogens with zero attached hydrogens (tertiary/aromatic N) is 1. The summed E-state index contributed by atoms with van der Waals surface area (Å²) in [5.74, 6) is -1.70. The molecule has 2 amide bonds.